The molecule has 1 aliphatic heterocycles. The van der Waals surface area contributed by atoms with Gasteiger partial charge in [-0.3, -0.25) is 4.90 Å². The third-order valence-electron chi connectivity index (χ3n) is 4.16. The Balaban J connectivity index is 1.95. The molecule has 0 saturated carbocycles. The molecule has 1 aliphatic rings. The van der Waals surface area contributed by atoms with Crippen LogP contribution in [-0.2, 0) is 0 Å². The smallest absolute Gasteiger partial charge is 0.0366 e. The summed E-state index contributed by atoms with van der Waals surface area (Å²) >= 11 is 1.89. The van der Waals surface area contributed by atoms with Crippen molar-refractivity contribution in [2.75, 3.05) is 26.2 Å². The van der Waals surface area contributed by atoms with Gasteiger partial charge in [0.1, 0.15) is 0 Å². The van der Waals surface area contributed by atoms with E-state index in [1.54, 1.807) is 5.56 Å². The maximum atomic E-state index is 3.47. The van der Waals surface area contributed by atoms with Gasteiger partial charge in [-0.05, 0) is 34.7 Å². The fraction of sp³-hybridized carbons (Fsp3) is 0.529. The van der Waals surface area contributed by atoms with Crippen LogP contribution in [-0.4, -0.2) is 31.1 Å². The molecule has 1 aromatic heterocycles. The van der Waals surface area contributed by atoms with Crippen LogP contribution in [0.1, 0.15) is 31.9 Å². The van der Waals surface area contributed by atoms with Crippen LogP contribution in [0.3, 0.4) is 0 Å². The second-order valence-electron chi connectivity index (χ2n) is 6.12. The van der Waals surface area contributed by atoms with Crippen molar-refractivity contribution in [3.05, 3.63) is 35.2 Å². The van der Waals surface area contributed by atoms with E-state index < -0.39 is 0 Å². The molecule has 3 rings (SSSR count). The third-order valence-corrected chi connectivity index (χ3v) is 5.14. The number of nitrogens with zero attached hydrogens (tertiary/aromatic N) is 1. The maximum absolute atomic E-state index is 3.47. The van der Waals surface area contributed by atoms with Crippen molar-refractivity contribution in [2.45, 2.75) is 26.3 Å². The number of nitrogens with one attached hydrogen (secondary N) is 1. The van der Waals surface area contributed by atoms with Crippen molar-refractivity contribution in [1.29, 1.82) is 0 Å². The van der Waals surface area contributed by atoms with Gasteiger partial charge in [-0.1, -0.05) is 32.0 Å². The minimum Gasteiger partial charge on any atom is -0.314 e. The first kappa shape index (κ1) is 14.1. The van der Waals surface area contributed by atoms with Crippen LogP contribution in [0, 0.1) is 5.92 Å². The Labute approximate surface area is 125 Å². The molecule has 0 bridgehead atoms. The highest BCUT2D eigenvalue weighted by molar-refractivity contribution is 7.17. The maximum Gasteiger partial charge on any atom is 0.0366 e. The molecule has 3 heteroatoms. The molecule has 1 fully saturated rings. The molecule has 0 aliphatic carbocycles. The largest absolute Gasteiger partial charge is 0.314 e. The van der Waals surface area contributed by atoms with Gasteiger partial charge in [0.25, 0.3) is 0 Å². The van der Waals surface area contributed by atoms with Gasteiger partial charge in [0.05, 0.1) is 0 Å². The fourth-order valence-electron chi connectivity index (χ4n) is 3.17. The van der Waals surface area contributed by atoms with E-state index in [9.17, 15) is 0 Å². The third kappa shape index (κ3) is 2.90. The first-order chi connectivity index (χ1) is 9.75. The summed E-state index contributed by atoms with van der Waals surface area (Å²) < 4.78 is 1.42. The number of hydrogen-bond donors (Lipinski definition) is 1. The molecule has 1 atom stereocenters. The molecule has 1 N–H and O–H groups in total. The molecule has 2 aromatic rings. The van der Waals surface area contributed by atoms with Crippen molar-refractivity contribution in [3.63, 3.8) is 0 Å². The minimum atomic E-state index is 0.577. The zero-order valence-electron chi connectivity index (χ0n) is 12.4. The summed E-state index contributed by atoms with van der Waals surface area (Å²) in [5, 5.41) is 7.31. The summed E-state index contributed by atoms with van der Waals surface area (Å²) in [6.45, 7) is 9.25. The zero-order valence-corrected chi connectivity index (χ0v) is 13.2. The first-order valence-electron chi connectivity index (χ1n) is 7.66. The highest BCUT2D eigenvalue weighted by atomic mass is 32.1. The molecule has 108 valence electrons. The lowest BCUT2D eigenvalue weighted by atomic mass is 9.94. The van der Waals surface area contributed by atoms with E-state index in [0.717, 1.165) is 19.0 Å². The highest BCUT2D eigenvalue weighted by Gasteiger charge is 2.25. The van der Waals surface area contributed by atoms with Gasteiger partial charge in [0.15, 0.2) is 0 Å². The monoisotopic (exact) mass is 288 g/mol. The van der Waals surface area contributed by atoms with E-state index in [1.165, 1.54) is 29.6 Å². The van der Waals surface area contributed by atoms with Gasteiger partial charge in [-0.25, -0.2) is 0 Å². The van der Waals surface area contributed by atoms with Gasteiger partial charge in [-0.15, -0.1) is 11.3 Å². The van der Waals surface area contributed by atoms with Crippen LogP contribution in [0.5, 0.6) is 0 Å². The van der Waals surface area contributed by atoms with Crippen molar-refractivity contribution in [3.8, 4) is 0 Å². The van der Waals surface area contributed by atoms with E-state index in [2.05, 4.69) is 53.7 Å². The molecule has 1 saturated heterocycles. The zero-order chi connectivity index (χ0) is 13.9. The van der Waals surface area contributed by atoms with Crippen molar-refractivity contribution in [2.24, 2.45) is 5.92 Å². The summed E-state index contributed by atoms with van der Waals surface area (Å²) in [5.41, 5.74) is 1.54. The molecule has 1 aromatic carbocycles. The second kappa shape index (κ2) is 6.25. The number of thiophene rings is 1. The van der Waals surface area contributed by atoms with Crippen LogP contribution in [0.2, 0.25) is 0 Å². The van der Waals surface area contributed by atoms with Crippen molar-refractivity contribution < 1.29 is 0 Å². The molecule has 0 spiro atoms. The predicted molar refractivity (Wildman–Crippen MR) is 88.5 cm³/mol. The lowest BCUT2D eigenvalue weighted by Crippen LogP contribution is -2.45. The van der Waals surface area contributed by atoms with E-state index in [4.69, 9.17) is 0 Å². The molecule has 0 amide bonds. The summed E-state index contributed by atoms with van der Waals surface area (Å²) in [5.74, 6) is 0.730. The summed E-state index contributed by atoms with van der Waals surface area (Å²) in [7, 11) is 0. The van der Waals surface area contributed by atoms with E-state index in [-0.39, 0.29) is 0 Å². The van der Waals surface area contributed by atoms with E-state index in [0.29, 0.717) is 6.04 Å². The SMILES string of the molecule is CC(C)C[C@H](c1csc2ccccc12)N1CCNCC1. The second-order valence-corrected chi connectivity index (χ2v) is 7.03. The normalized spacial score (nSPS) is 18.8. The predicted octanol–water partition coefficient (Wildman–Crippen LogP) is 3.89. The van der Waals surface area contributed by atoms with Crippen LogP contribution in [0.25, 0.3) is 10.1 Å². The Morgan fingerprint density at radius 2 is 1.95 bits per heavy atom. The molecule has 0 radical (unpaired) electrons. The summed E-state index contributed by atoms with van der Waals surface area (Å²) in [4.78, 5) is 2.67. The average Bonchev–Trinajstić information content (AvgIpc) is 2.89. The average molecular weight is 288 g/mol. The van der Waals surface area contributed by atoms with Crippen LogP contribution in [0.4, 0.5) is 0 Å². The molecular formula is C17H24N2S. The number of piperazine rings is 1. The van der Waals surface area contributed by atoms with Crippen molar-refractivity contribution >= 4 is 21.4 Å². The molecule has 2 heterocycles. The minimum absolute atomic E-state index is 0.577. The topological polar surface area (TPSA) is 15.3 Å². The Kier molecular flexibility index (Phi) is 4.39. The number of benzene rings is 1. The summed E-state index contributed by atoms with van der Waals surface area (Å²) in [6.07, 6.45) is 1.25. The Morgan fingerprint density at radius 1 is 1.20 bits per heavy atom. The van der Waals surface area contributed by atoms with E-state index in [1.807, 2.05) is 11.3 Å². The quantitative estimate of drug-likeness (QED) is 0.918. The van der Waals surface area contributed by atoms with Crippen LogP contribution in [0.15, 0.2) is 29.6 Å². The Hall–Kier alpha value is -0.900. The first-order valence-corrected chi connectivity index (χ1v) is 8.54. The molecule has 0 unspecified atom stereocenters. The Morgan fingerprint density at radius 3 is 2.70 bits per heavy atom. The number of hydrogen-bond acceptors (Lipinski definition) is 3. The van der Waals surface area contributed by atoms with Crippen LogP contribution < -0.4 is 5.32 Å². The Bertz CT molecular complexity index is 555. The molecule has 2 nitrogen and oxygen atoms in total. The molecule has 20 heavy (non-hydrogen) atoms. The summed E-state index contributed by atoms with van der Waals surface area (Å²) in [6, 6.07) is 9.42. The van der Waals surface area contributed by atoms with E-state index >= 15 is 0 Å². The van der Waals surface area contributed by atoms with Gasteiger partial charge >= 0.3 is 0 Å². The number of fused-ring (bicyclic) bond motifs is 1. The lowest BCUT2D eigenvalue weighted by molar-refractivity contribution is 0.155. The van der Waals surface area contributed by atoms with Gasteiger partial charge in [-0.2, -0.15) is 0 Å². The fourth-order valence-corrected chi connectivity index (χ4v) is 4.18. The molecular weight excluding hydrogens is 264 g/mol. The standard InChI is InChI=1S/C17H24N2S/c1-13(2)11-16(19-9-7-18-8-10-19)15-12-20-17-6-4-3-5-14(15)17/h3-6,12-13,16,18H,7-11H2,1-2H3/t16-/m1/s1. The number of rotatable bonds is 4. The van der Waals surface area contributed by atoms with Gasteiger partial charge in [0.2, 0.25) is 0 Å². The van der Waals surface area contributed by atoms with Gasteiger partial charge in [0, 0.05) is 36.9 Å². The van der Waals surface area contributed by atoms with Crippen molar-refractivity contribution in [1.82, 2.24) is 10.2 Å². The van der Waals surface area contributed by atoms with Crippen LogP contribution >= 0.6 is 11.3 Å². The lowest BCUT2D eigenvalue weighted by Gasteiger charge is -2.36. The van der Waals surface area contributed by atoms with Gasteiger partial charge < -0.3 is 5.32 Å². The highest BCUT2D eigenvalue weighted by Crippen LogP contribution is 2.36.